The van der Waals surface area contributed by atoms with Crippen LogP contribution in [-0.2, 0) is 15.8 Å². The Bertz CT molecular complexity index is 1560. The minimum absolute atomic E-state index is 0.0353. The molecule has 1 aliphatic rings. The van der Waals surface area contributed by atoms with Crippen molar-refractivity contribution in [2.45, 2.75) is 24.6 Å². The molecule has 3 aromatic carbocycles. The van der Waals surface area contributed by atoms with Crippen molar-refractivity contribution in [1.29, 1.82) is 0 Å². The summed E-state index contributed by atoms with van der Waals surface area (Å²) in [6.07, 6.45) is -5.20. The molecule has 38 heavy (non-hydrogen) atoms. The van der Waals surface area contributed by atoms with E-state index in [0.717, 1.165) is 39.8 Å². The van der Waals surface area contributed by atoms with Crippen LogP contribution in [-0.4, -0.2) is 44.9 Å². The normalized spacial score (nSPS) is 17.2. The fraction of sp³-hybridized carbons (Fsp3) is 0.240. The third-order valence-electron chi connectivity index (χ3n) is 6.84. The van der Waals surface area contributed by atoms with Gasteiger partial charge < -0.3 is 10.2 Å². The van der Waals surface area contributed by atoms with Crippen LogP contribution in [0.3, 0.4) is 0 Å². The van der Waals surface area contributed by atoms with Gasteiger partial charge in [0.05, 0.1) is 16.9 Å². The van der Waals surface area contributed by atoms with Gasteiger partial charge in [0.2, 0.25) is 0 Å². The molecule has 7 nitrogen and oxygen atoms in total. The molecule has 0 amide bonds. The Morgan fingerprint density at radius 2 is 1.53 bits per heavy atom. The number of nitrogens with zero attached hydrogens (tertiary/aromatic N) is 2. The first-order valence-electron chi connectivity index (χ1n) is 11.0. The third-order valence-corrected chi connectivity index (χ3v) is 8.95. The van der Waals surface area contributed by atoms with Crippen molar-refractivity contribution in [2.24, 2.45) is 0 Å². The zero-order valence-corrected chi connectivity index (χ0v) is 21.7. The van der Waals surface area contributed by atoms with Gasteiger partial charge in [0.15, 0.2) is 5.60 Å². The molecular formula is C25H21ClF4N2O5S. The summed E-state index contributed by atoms with van der Waals surface area (Å²) in [5, 5.41) is 20.2. The zero-order chi connectivity index (χ0) is 28.4. The first-order chi connectivity index (χ1) is 17.5. The minimum atomic E-state index is -5.20. The molecule has 0 saturated carbocycles. The van der Waals surface area contributed by atoms with Crippen LogP contribution in [0.5, 0.6) is 0 Å². The van der Waals surface area contributed by atoms with Crippen molar-refractivity contribution in [1.82, 2.24) is 0 Å². The highest BCUT2D eigenvalue weighted by Crippen LogP contribution is 2.52. The molecule has 0 unspecified atom stereocenters. The highest BCUT2D eigenvalue weighted by Gasteiger charge is 2.59. The standard InChI is InChI=1S/C25H21ClF4N2O5S/c1-13(17-7-4-15(11-19(17)26)14-5-8-20(27)18(10-14)23(33)34)24(35,25(28,29)30)16-6-9-21-22(12-16)32(3)38(36,37)31(21)2/h4-13,35H,1-3H3,(H,33,34)/t13-,24+/m1/s1. The maximum atomic E-state index is 14.5. The second-order valence-corrected chi connectivity index (χ2v) is 11.3. The van der Waals surface area contributed by atoms with Crippen LogP contribution in [0.15, 0.2) is 54.6 Å². The van der Waals surface area contributed by atoms with Crippen molar-refractivity contribution in [3.05, 3.63) is 82.1 Å². The average Bonchev–Trinajstić information content (AvgIpc) is 3.02. The Morgan fingerprint density at radius 3 is 2.11 bits per heavy atom. The number of carboxylic acid groups (broad SMARTS) is 1. The summed E-state index contributed by atoms with van der Waals surface area (Å²) in [7, 11) is -1.51. The Kier molecular flexibility index (Phi) is 6.66. The van der Waals surface area contributed by atoms with E-state index in [0.29, 0.717) is 5.56 Å². The highest BCUT2D eigenvalue weighted by molar-refractivity contribution is 7.94. The first kappa shape index (κ1) is 27.7. The quantitative estimate of drug-likeness (QED) is 0.392. The lowest BCUT2D eigenvalue weighted by Crippen LogP contribution is -2.46. The number of carboxylic acids is 1. The summed E-state index contributed by atoms with van der Waals surface area (Å²) in [6, 6.07) is 10.5. The van der Waals surface area contributed by atoms with Gasteiger partial charge in [0, 0.05) is 25.0 Å². The van der Waals surface area contributed by atoms with E-state index >= 15 is 0 Å². The Morgan fingerprint density at radius 1 is 0.947 bits per heavy atom. The number of anilines is 2. The van der Waals surface area contributed by atoms with E-state index in [1.165, 1.54) is 44.4 Å². The van der Waals surface area contributed by atoms with E-state index in [9.17, 15) is 35.9 Å². The predicted octanol–water partition coefficient (Wildman–Crippen LogP) is 5.53. The predicted molar refractivity (Wildman–Crippen MR) is 134 cm³/mol. The lowest BCUT2D eigenvalue weighted by atomic mass is 9.77. The van der Waals surface area contributed by atoms with Gasteiger partial charge in [-0.05, 0) is 52.6 Å². The van der Waals surface area contributed by atoms with Crippen LogP contribution in [0, 0.1) is 5.82 Å². The van der Waals surface area contributed by atoms with Crippen molar-refractivity contribution >= 4 is 39.2 Å². The molecule has 0 bridgehead atoms. The molecular weight excluding hydrogens is 552 g/mol. The molecule has 0 aliphatic carbocycles. The minimum Gasteiger partial charge on any atom is -0.478 e. The zero-order valence-electron chi connectivity index (χ0n) is 20.1. The number of fused-ring (bicyclic) bond motifs is 1. The van der Waals surface area contributed by atoms with Gasteiger partial charge >= 0.3 is 22.4 Å². The SMILES string of the molecule is C[C@H](c1ccc(-c2ccc(F)c(C(=O)O)c2)cc1Cl)[C@](O)(c1ccc2c(c1)N(C)S(=O)(=O)N2C)C(F)(F)F. The van der Waals surface area contributed by atoms with Gasteiger partial charge in [-0.25, -0.2) is 9.18 Å². The van der Waals surface area contributed by atoms with Crippen molar-refractivity contribution < 1.29 is 41.0 Å². The second-order valence-electron chi connectivity index (χ2n) is 8.87. The molecule has 0 aromatic heterocycles. The van der Waals surface area contributed by atoms with Gasteiger partial charge in [-0.2, -0.15) is 21.6 Å². The fourth-order valence-electron chi connectivity index (χ4n) is 4.52. The van der Waals surface area contributed by atoms with Gasteiger partial charge in [-0.15, -0.1) is 0 Å². The lowest BCUT2D eigenvalue weighted by molar-refractivity contribution is -0.274. The van der Waals surface area contributed by atoms with E-state index in [1.807, 2.05) is 0 Å². The first-order valence-corrected chi connectivity index (χ1v) is 12.8. The van der Waals surface area contributed by atoms with Crippen LogP contribution in [0.4, 0.5) is 28.9 Å². The molecule has 2 atom stereocenters. The van der Waals surface area contributed by atoms with Gasteiger partial charge in [-0.3, -0.25) is 8.61 Å². The number of aliphatic hydroxyl groups is 1. The third kappa shape index (κ3) is 4.16. The molecule has 202 valence electrons. The molecule has 4 rings (SSSR count). The van der Waals surface area contributed by atoms with Crippen LogP contribution in [0.2, 0.25) is 5.02 Å². The lowest BCUT2D eigenvalue weighted by Gasteiger charge is -2.37. The van der Waals surface area contributed by atoms with Crippen LogP contribution < -0.4 is 8.61 Å². The van der Waals surface area contributed by atoms with Crippen LogP contribution in [0.25, 0.3) is 11.1 Å². The fourth-order valence-corrected chi connectivity index (χ4v) is 6.03. The molecule has 0 fully saturated rings. The second kappa shape index (κ2) is 9.14. The Hall–Kier alpha value is -3.35. The van der Waals surface area contributed by atoms with Crippen LogP contribution >= 0.6 is 11.6 Å². The summed E-state index contributed by atoms with van der Waals surface area (Å²) in [4.78, 5) is 11.3. The summed E-state index contributed by atoms with van der Waals surface area (Å²) < 4.78 is 83.9. The molecule has 3 aromatic rings. The topological polar surface area (TPSA) is 98.1 Å². The van der Waals surface area contributed by atoms with E-state index in [1.54, 1.807) is 0 Å². The van der Waals surface area contributed by atoms with Gasteiger partial charge in [0.25, 0.3) is 0 Å². The maximum Gasteiger partial charge on any atom is 0.422 e. The molecule has 0 spiro atoms. The van der Waals surface area contributed by atoms with E-state index in [4.69, 9.17) is 16.7 Å². The number of rotatable bonds is 5. The number of benzene rings is 3. The summed E-state index contributed by atoms with van der Waals surface area (Å²) in [5.41, 5.74) is -4.02. The maximum absolute atomic E-state index is 14.5. The summed E-state index contributed by atoms with van der Waals surface area (Å²) in [5.74, 6) is -4.10. The van der Waals surface area contributed by atoms with Crippen LogP contribution in [0.1, 0.15) is 34.3 Å². The molecule has 2 N–H and O–H groups in total. The summed E-state index contributed by atoms with van der Waals surface area (Å²) in [6.45, 7) is 1.13. The molecule has 13 heteroatoms. The number of hydrogen-bond acceptors (Lipinski definition) is 4. The number of halogens is 5. The number of carbonyl (C=O) groups is 1. The van der Waals surface area contributed by atoms with Crippen molar-refractivity contribution in [3.63, 3.8) is 0 Å². The average molecular weight is 573 g/mol. The monoisotopic (exact) mass is 572 g/mol. The molecule has 1 aliphatic heterocycles. The summed E-state index contributed by atoms with van der Waals surface area (Å²) >= 11 is 6.36. The largest absolute Gasteiger partial charge is 0.478 e. The smallest absolute Gasteiger partial charge is 0.422 e. The number of alkyl halides is 3. The number of hydrogen-bond donors (Lipinski definition) is 2. The van der Waals surface area contributed by atoms with Gasteiger partial charge in [-0.1, -0.05) is 42.8 Å². The Labute approximate surface area is 220 Å². The van der Waals surface area contributed by atoms with E-state index in [2.05, 4.69) is 0 Å². The number of aromatic carboxylic acids is 1. The molecule has 0 radical (unpaired) electrons. The van der Waals surface area contributed by atoms with E-state index in [-0.39, 0.29) is 27.5 Å². The van der Waals surface area contributed by atoms with Crippen molar-refractivity contribution in [2.75, 3.05) is 22.7 Å². The highest BCUT2D eigenvalue weighted by atomic mass is 35.5. The van der Waals surface area contributed by atoms with E-state index < -0.39 is 50.8 Å². The molecule has 1 heterocycles. The van der Waals surface area contributed by atoms with Crippen molar-refractivity contribution in [3.8, 4) is 11.1 Å². The Balaban J connectivity index is 1.80. The van der Waals surface area contributed by atoms with Gasteiger partial charge in [0.1, 0.15) is 5.82 Å². The molecule has 0 saturated heterocycles.